The molecule has 5 rings (SSSR count). The molecule has 10 nitrogen and oxygen atoms in total. The Kier molecular flexibility index (Phi) is 11.6. The second kappa shape index (κ2) is 15.6. The van der Waals surface area contributed by atoms with Gasteiger partial charge in [0.15, 0.2) is 0 Å². The molecule has 2 heterocycles. The Morgan fingerprint density at radius 3 is 2.38 bits per heavy atom. The van der Waals surface area contributed by atoms with Crippen molar-refractivity contribution in [3.63, 3.8) is 0 Å². The van der Waals surface area contributed by atoms with Crippen LogP contribution in [0.5, 0.6) is 0 Å². The fourth-order valence-electron chi connectivity index (χ4n) is 6.92. The molecular weight excluding hydrogens is 642 g/mol. The van der Waals surface area contributed by atoms with Crippen LogP contribution in [0.2, 0.25) is 0 Å². The van der Waals surface area contributed by atoms with Gasteiger partial charge in [-0.15, -0.1) is 0 Å². The lowest BCUT2D eigenvalue weighted by atomic mass is 9.76. The van der Waals surface area contributed by atoms with Crippen molar-refractivity contribution in [1.82, 2.24) is 9.62 Å². The van der Waals surface area contributed by atoms with Crippen LogP contribution in [0.3, 0.4) is 0 Å². The molecular formula is C35H42F2N4O6S. The van der Waals surface area contributed by atoms with Crippen molar-refractivity contribution in [3.8, 4) is 0 Å². The summed E-state index contributed by atoms with van der Waals surface area (Å²) in [6.07, 6.45) is 0.339. The summed E-state index contributed by atoms with van der Waals surface area (Å²) in [6, 6.07) is 15.7. The monoisotopic (exact) mass is 684 g/mol. The molecule has 258 valence electrons. The maximum Gasteiger partial charge on any atom is 0.420 e. The number of ether oxygens (including phenoxy) is 2. The van der Waals surface area contributed by atoms with Gasteiger partial charge in [0.1, 0.15) is 11.6 Å². The summed E-state index contributed by atoms with van der Waals surface area (Å²) in [6.45, 7) is 3.50. The molecule has 48 heavy (non-hydrogen) atoms. The summed E-state index contributed by atoms with van der Waals surface area (Å²) in [5, 5.41) is 3.26. The average Bonchev–Trinajstić information content (AvgIpc) is 3.09. The van der Waals surface area contributed by atoms with Crippen molar-refractivity contribution in [3.05, 3.63) is 95.6 Å². The highest BCUT2D eigenvalue weighted by Crippen LogP contribution is 2.37. The zero-order valence-corrected chi connectivity index (χ0v) is 27.9. The molecule has 2 amide bonds. The molecule has 2 saturated heterocycles. The van der Waals surface area contributed by atoms with E-state index in [2.05, 4.69) is 5.32 Å². The van der Waals surface area contributed by atoms with E-state index in [-0.39, 0.29) is 40.9 Å². The maximum atomic E-state index is 15.7. The van der Waals surface area contributed by atoms with Crippen LogP contribution in [0.4, 0.5) is 19.3 Å². The van der Waals surface area contributed by atoms with Gasteiger partial charge in [0.05, 0.1) is 23.7 Å². The van der Waals surface area contributed by atoms with Crippen LogP contribution in [0.1, 0.15) is 43.2 Å². The fourth-order valence-corrected chi connectivity index (χ4v) is 8.79. The lowest BCUT2D eigenvalue weighted by Gasteiger charge is -2.40. The van der Waals surface area contributed by atoms with Gasteiger partial charge in [-0.25, -0.2) is 26.9 Å². The Balaban J connectivity index is 1.47. The number of halogens is 2. The number of anilines is 1. The van der Waals surface area contributed by atoms with Crippen molar-refractivity contribution >= 4 is 27.7 Å². The number of sulfonamides is 1. The highest BCUT2D eigenvalue weighted by atomic mass is 32.2. The zero-order chi connectivity index (χ0) is 34.4. The third-order valence-electron chi connectivity index (χ3n) is 9.27. The SMILES string of the molecule is COC(=O)N(C(=O)[C@@H](N)[C@@H](c1ccc(F)cc1)C1CCOCC1)c1cccc(F)c1CC[C@H]1CNC[C@@H](C)N1S(=O)(=O)c1ccccc1. The smallest absolute Gasteiger partial charge is 0.420 e. The van der Waals surface area contributed by atoms with E-state index in [1.807, 2.05) is 6.92 Å². The molecule has 0 bridgehead atoms. The van der Waals surface area contributed by atoms with Gasteiger partial charge in [-0.3, -0.25) is 4.79 Å². The minimum Gasteiger partial charge on any atom is -0.452 e. The molecule has 13 heteroatoms. The number of hydrogen-bond acceptors (Lipinski definition) is 8. The lowest BCUT2D eigenvalue weighted by molar-refractivity contribution is -0.120. The summed E-state index contributed by atoms with van der Waals surface area (Å²) in [5.74, 6) is -2.62. The maximum absolute atomic E-state index is 15.7. The number of hydrogen-bond donors (Lipinski definition) is 2. The number of amides is 2. The molecule has 0 spiro atoms. The van der Waals surface area contributed by atoms with Gasteiger partial charge in [0, 0.05) is 49.9 Å². The van der Waals surface area contributed by atoms with Crippen molar-refractivity contribution in [2.24, 2.45) is 11.7 Å². The number of benzene rings is 3. The Morgan fingerprint density at radius 2 is 1.71 bits per heavy atom. The van der Waals surface area contributed by atoms with Gasteiger partial charge in [-0.1, -0.05) is 36.4 Å². The van der Waals surface area contributed by atoms with E-state index < -0.39 is 51.7 Å². The number of imide groups is 1. The normalized spacial score (nSPS) is 20.5. The van der Waals surface area contributed by atoms with Crippen LogP contribution in [0.15, 0.2) is 77.7 Å². The zero-order valence-electron chi connectivity index (χ0n) is 27.1. The standard InChI is InChI=1S/C35H42F2N4O6S/c1-23-21-39-22-27(41(23)48(44,45)28-7-4-3-5-8-28)15-16-29-30(37)9-6-10-31(29)40(35(43)46-2)34(42)33(38)32(25-17-19-47-20-18-25)24-11-13-26(36)14-12-24/h3-14,23,25,27,32-33,39H,15-22,38H2,1-2H3/t23-,27+,32+,33+/m1/s1. The molecule has 3 aromatic rings. The molecule has 2 fully saturated rings. The average molecular weight is 685 g/mol. The molecule has 0 saturated carbocycles. The number of nitrogens with one attached hydrogen (secondary N) is 1. The number of carbonyl (C=O) groups is 2. The third-order valence-corrected chi connectivity index (χ3v) is 11.4. The van der Waals surface area contributed by atoms with Gasteiger partial charge in [-0.05, 0) is 80.5 Å². The minimum absolute atomic E-state index is 0.000744. The summed E-state index contributed by atoms with van der Waals surface area (Å²) in [7, 11) is -2.77. The molecule has 3 N–H and O–H groups in total. The van der Waals surface area contributed by atoms with Gasteiger partial charge in [-0.2, -0.15) is 4.31 Å². The van der Waals surface area contributed by atoms with E-state index in [9.17, 15) is 22.4 Å². The topological polar surface area (TPSA) is 131 Å². The number of rotatable bonds is 10. The molecule has 0 unspecified atom stereocenters. The number of nitrogens with two attached hydrogens (primary N) is 1. The van der Waals surface area contributed by atoms with Gasteiger partial charge < -0.3 is 20.5 Å². The summed E-state index contributed by atoms with van der Waals surface area (Å²) >= 11 is 0. The summed E-state index contributed by atoms with van der Waals surface area (Å²) < 4.78 is 69.1. The Morgan fingerprint density at radius 1 is 1.02 bits per heavy atom. The van der Waals surface area contributed by atoms with Gasteiger partial charge in [0.2, 0.25) is 10.0 Å². The van der Waals surface area contributed by atoms with Crippen molar-refractivity contribution < 1.29 is 36.3 Å². The highest BCUT2D eigenvalue weighted by molar-refractivity contribution is 7.89. The first-order chi connectivity index (χ1) is 23.0. The summed E-state index contributed by atoms with van der Waals surface area (Å²) in [4.78, 5) is 28.5. The first-order valence-corrected chi connectivity index (χ1v) is 17.6. The largest absolute Gasteiger partial charge is 0.452 e. The number of piperazine rings is 1. The fraction of sp³-hybridized carbons (Fsp3) is 0.429. The van der Waals surface area contributed by atoms with Crippen molar-refractivity contribution in [1.29, 1.82) is 0 Å². The predicted octanol–water partition coefficient (Wildman–Crippen LogP) is 4.59. The second-order valence-corrected chi connectivity index (χ2v) is 14.1. The molecule has 2 aliphatic heterocycles. The predicted molar refractivity (Wildman–Crippen MR) is 177 cm³/mol. The van der Waals surface area contributed by atoms with E-state index in [1.54, 1.807) is 42.5 Å². The Bertz CT molecular complexity index is 1670. The van der Waals surface area contributed by atoms with Crippen LogP contribution in [0.25, 0.3) is 0 Å². The molecule has 2 aliphatic rings. The third kappa shape index (κ3) is 7.60. The highest BCUT2D eigenvalue weighted by Gasteiger charge is 2.41. The van der Waals surface area contributed by atoms with Crippen molar-refractivity contribution in [2.75, 3.05) is 38.3 Å². The van der Waals surface area contributed by atoms with E-state index >= 15 is 4.39 Å². The Hall–Kier alpha value is -3.75. The Labute approximate surface area is 280 Å². The van der Waals surface area contributed by atoms with Crippen LogP contribution in [0, 0.1) is 17.6 Å². The quantitative estimate of drug-likeness (QED) is 0.317. The molecule has 4 atom stereocenters. The molecule has 3 aromatic carbocycles. The van der Waals surface area contributed by atoms with E-state index in [0.29, 0.717) is 44.7 Å². The number of methoxy groups -OCH3 is 1. The minimum atomic E-state index is -3.88. The molecule has 0 aromatic heterocycles. The lowest BCUT2D eigenvalue weighted by Crippen LogP contribution is -2.58. The number of nitrogens with zero attached hydrogens (tertiary/aromatic N) is 2. The van der Waals surface area contributed by atoms with E-state index in [4.69, 9.17) is 15.2 Å². The van der Waals surface area contributed by atoms with Crippen LogP contribution >= 0.6 is 0 Å². The van der Waals surface area contributed by atoms with Crippen molar-refractivity contribution in [2.45, 2.75) is 61.5 Å². The summed E-state index contributed by atoms with van der Waals surface area (Å²) in [5.41, 5.74) is 7.34. The first kappa shape index (κ1) is 35.6. The second-order valence-electron chi connectivity index (χ2n) is 12.3. The number of carbonyl (C=O) groups excluding carboxylic acids is 2. The van der Waals surface area contributed by atoms with E-state index in [1.165, 1.54) is 34.6 Å². The van der Waals surface area contributed by atoms with Crippen LogP contribution in [-0.2, 0) is 30.7 Å². The van der Waals surface area contributed by atoms with Crippen LogP contribution in [-0.4, -0.2) is 76.3 Å². The first-order valence-electron chi connectivity index (χ1n) is 16.1. The molecule has 0 aliphatic carbocycles. The van der Waals surface area contributed by atoms with Crippen LogP contribution < -0.4 is 16.0 Å². The van der Waals surface area contributed by atoms with Gasteiger partial charge in [0.25, 0.3) is 5.91 Å². The van der Waals surface area contributed by atoms with Gasteiger partial charge >= 0.3 is 6.09 Å². The van der Waals surface area contributed by atoms with E-state index in [0.717, 1.165) is 12.0 Å². The molecule has 0 radical (unpaired) electrons.